The molecule has 116 valence electrons. The van der Waals surface area contributed by atoms with E-state index in [1.807, 2.05) is 44.2 Å². The average Bonchev–Trinajstić information content (AvgIpc) is 2.54. The Morgan fingerprint density at radius 3 is 2.45 bits per heavy atom. The summed E-state index contributed by atoms with van der Waals surface area (Å²) < 4.78 is 4.95. The summed E-state index contributed by atoms with van der Waals surface area (Å²) in [5, 5.41) is 4.02. The van der Waals surface area contributed by atoms with Crippen molar-refractivity contribution in [3.05, 3.63) is 59.4 Å². The molecule has 0 radical (unpaired) electrons. The van der Waals surface area contributed by atoms with E-state index in [4.69, 9.17) is 16.3 Å². The Kier molecular flexibility index (Phi) is 5.03. The summed E-state index contributed by atoms with van der Waals surface area (Å²) in [7, 11) is 1.39. The van der Waals surface area contributed by atoms with Crippen LogP contribution >= 0.6 is 11.6 Å². The molecule has 4 nitrogen and oxygen atoms in total. The second-order valence-corrected chi connectivity index (χ2v) is 5.99. The predicted octanol–water partition coefficient (Wildman–Crippen LogP) is 4.09. The summed E-state index contributed by atoms with van der Waals surface area (Å²) in [6, 6.07) is 12.6. The van der Waals surface area contributed by atoms with Gasteiger partial charge in [0.1, 0.15) is 0 Å². The highest BCUT2D eigenvalue weighted by atomic mass is 35.5. The van der Waals surface area contributed by atoms with Gasteiger partial charge in [-0.2, -0.15) is 0 Å². The standard InChI is InChI=1S/C17H19ClN2O2/c1-17(2,16(21)22-3)15(14-6-4-5-11-19-14)20-13-9-7-12(18)8-10-13/h4-11,15,20H,1-3H3. The molecule has 0 saturated carbocycles. The number of anilines is 1. The molecule has 2 rings (SSSR count). The SMILES string of the molecule is COC(=O)C(C)(C)C(Nc1ccc(Cl)cc1)c1ccccn1. The molecule has 0 saturated heterocycles. The number of halogens is 1. The fraction of sp³-hybridized carbons (Fsp3) is 0.294. The molecule has 2 aromatic rings. The van der Waals surface area contributed by atoms with Crippen molar-refractivity contribution in [2.24, 2.45) is 5.41 Å². The summed E-state index contributed by atoms with van der Waals surface area (Å²) in [5.74, 6) is -0.301. The molecule has 0 aliphatic rings. The van der Waals surface area contributed by atoms with Crippen molar-refractivity contribution in [1.29, 1.82) is 0 Å². The van der Waals surface area contributed by atoms with Crippen LogP contribution in [-0.2, 0) is 9.53 Å². The largest absolute Gasteiger partial charge is 0.469 e. The minimum atomic E-state index is -0.789. The monoisotopic (exact) mass is 318 g/mol. The number of pyridine rings is 1. The number of benzene rings is 1. The Balaban J connectivity index is 2.38. The molecule has 1 aromatic carbocycles. The Bertz CT molecular complexity index is 627. The fourth-order valence-corrected chi connectivity index (χ4v) is 2.39. The second-order valence-electron chi connectivity index (χ2n) is 5.55. The van der Waals surface area contributed by atoms with Gasteiger partial charge in [0, 0.05) is 16.9 Å². The van der Waals surface area contributed by atoms with Gasteiger partial charge in [-0.25, -0.2) is 0 Å². The second kappa shape index (κ2) is 6.79. The molecule has 1 heterocycles. The van der Waals surface area contributed by atoms with Gasteiger partial charge in [-0.3, -0.25) is 9.78 Å². The highest BCUT2D eigenvalue weighted by molar-refractivity contribution is 6.30. The molecule has 0 bridgehead atoms. The lowest BCUT2D eigenvalue weighted by atomic mass is 9.82. The van der Waals surface area contributed by atoms with Crippen LogP contribution in [-0.4, -0.2) is 18.1 Å². The number of nitrogens with one attached hydrogen (secondary N) is 1. The first-order valence-corrected chi connectivity index (χ1v) is 7.34. The Hall–Kier alpha value is -2.07. The topological polar surface area (TPSA) is 51.2 Å². The van der Waals surface area contributed by atoms with Gasteiger partial charge in [-0.05, 0) is 50.2 Å². The maximum absolute atomic E-state index is 12.2. The minimum absolute atomic E-state index is 0.301. The number of nitrogens with zero attached hydrogens (tertiary/aromatic N) is 1. The summed E-state index contributed by atoms with van der Waals surface area (Å²) in [6.07, 6.45) is 1.71. The van der Waals surface area contributed by atoms with Crippen LogP contribution in [0.1, 0.15) is 25.6 Å². The number of methoxy groups -OCH3 is 1. The van der Waals surface area contributed by atoms with Crippen LogP contribution in [0, 0.1) is 5.41 Å². The van der Waals surface area contributed by atoms with Crippen molar-refractivity contribution < 1.29 is 9.53 Å². The molecule has 22 heavy (non-hydrogen) atoms. The molecular weight excluding hydrogens is 300 g/mol. The minimum Gasteiger partial charge on any atom is -0.469 e. The van der Waals surface area contributed by atoms with Crippen molar-refractivity contribution in [3.63, 3.8) is 0 Å². The molecular formula is C17H19ClN2O2. The Morgan fingerprint density at radius 1 is 1.23 bits per heavy atom. The first-order chi connectivity index (χ1) is 10.4. The fourth-order valence-electron chi connectivity index (χ4n) is 2.26. The molecule has 1 aromatic heterocycles. The molecule has 1 N–H and O–H groups in total. The van der Waals surface area contributed by atoms with Gasteiger partial charge in [0.05, 0.1) is 24.3 Å². The van der Waals surface area contributed by atoms with E-state index in [0.717, 1.165) is 11.4 Å². The van der Waals surface area contributed by atoms with Crippen LogP contribution in [0.3, 0.4) is 0 Å². The third-order valence-electron chi connectivity index (χ3n) is 3.57. The van der Waals surface area contributed by atoms with Crippen molar-refractivity contribution in [3.8, 4) is 0 Å². The number of ether oxygens (including phenoxy) is 1. The van der Waals surface area contributed by atoms with E-state index < -0.39 is 5.41 Å². The van der Waals surface area contributed by atoms with Gasteiger partial charge in [0.25, 0.3) is 0 Å². The van der Waals surface area contributed by atoms with Crippen molar-refractivity contribution in [2.75, 3.05) is 12.4 Å². The molecule has 0 fully saturated rings. The summed E-state index contributed by atoms with van der Waals surface area (Å²) in [6.45, 7) is 3.67. The molecule has 0 aliphatic heterocycles. The zero-order chi connectivity index (χ0) is 16.2. The Labute approximate surface area is 135 Å². The number of rotatable bonds is 5. The van der Waals surface area contributed by atoms with E-state index in [0.29, 0.717) is 5.02 Å². The molecule has 5 heteroatoms. The highest BCUT2D eigenvalue weighted by Gasteiger charge is 2.39. The van der Waals surface area contributed by atoms with Crippen LogP contribution in [0.2, 0.25) is 5.02 Å². The zero-order valence-corrected chi connectivity index (χ0v) is 13.6. The molecule has 0 amide bonds. The smallest absolute Gasteiger partial charge is 0.313 e. The van der Waals surface area contributed by atoms with Crippen LogP contribution in [0.4, 0.5) is 5.69 Å². The molecule has 0 aliphatic carbocycles. The summed E-state index contributed by atoms with van der Waals surface area (Å²) in [5.41, 5.74) is 0.841. The number of hydrogen-bond acceptors (Lipinski definition) is 4. The van der Waals surface area contributed by atoms with Gasteiger partial charge in [-0.1, -0.05) is 17.7 Å². The van der Waals surface area contributed by atoms with E-state index in [1.54, 1.807) is 18.3 Å². The first kappa shape index (κ1) is 16.3. The van der Waals surface area contributed by atoms with E-state index in [2.05, 4.69) is 10.3 Å². The van der Waals surface area contributed by atoms with Gasteiger partial charge in [-0.15, -0.1) is 0 Å². The van der Waals surface area contributed by atoms with Gasteiger partial charge < -0.3 is 10.1 Å². The molecule has 1 unspecified atom stereocenters. The summed E-state index contributed by atoms with van der Waals surface area (Å²) in [4.78, 5) is 16.6. The quantitative estimate of drug-likeness (QED) is 0.844. The third kappa shape index (κ3) is 3.57. The zero-order valence-electron chi connectivity index (χ0n) is 12.8. The van der Waals surface area contributed by atoms with Crippen molar-refractivity contribution >= 4 is 23.3 Å². The normalized spacial score (nSPS) is 12.5. The lowest BCUT2D eigenvalue weighted by molar-refractivity contribution is -0.151. The summed E-state index contributed by atoms with van der Waals surface area (Å²) >= 11 is 5.91. The average molecular weight is 319 g/mol. The van der Waals surface area contributed by atoms with Crippen LogP contribution in [0.5, 0.6) is 0 Å². The lowest BCUT2D eigenvalue weighted by Gasteiger charge is -2.32. The number of carbonyl (C=O) groups is 1. The van der Waals surface area contributed by atoms with E-state index in [9.17, 15) is 4.79 Å². The number of esters is 1. The van der Waals surface area contributed by atoms with Crippen LogP contribution in [0.15, 0.2) is 48.7 Å². The van der Waals surface area contributed by atoms with Gasteiger partial charge >= 0.3 is 5.97 Å². The van der Waals surface area contributed by atoms with Gasteiger partial charge in [0.2, 0.25) is 0 Å². The first-order valence-electron chi connectivity index (χ1n) is 6.96. The van der Waals surface area contributed by atoms with Crippen molar-refractivity contribution in [2.45, 2.75) is 19.9 Å². The predicted molar refractivity (Wildman–Crippen MR) is 87.8 cm³/mol. The highest BCUT2D eigenvalue weighted by Crippen LogP contribution is 2.36. The van der Waals surface area contributed by atoms with E-state index >= 15 is 0 Å². The lowest BCUT2D eigenvalue weighted by Crippen LogP contribution is -2.37. The van der Waals surface area contributed by atoms with E-state index in [1.165, 1.54) is 7.11 Å². The Morgan fingerprint density at radius 2 is 1.91 bits per heavy atom. The van der Waals surface area contributed by atoms with Gasteiger partial charge in [0.15, 0.2) is 0 Å². The number of hydrogen-bond donors (Lipinski definition) is 1. The maximum atomic E-state index is 12.2. The van der Waals surface area contributed by atoms with E-state index in [-0.39, 0.29) is 12.0 Å². The van der Waals surface area contributed by atoms with Crippen LogP contribution in [0.25, 0.3) is 0 Å². The van der Waals surface area contributed by atoms with Crippen molar-refractivity contribution in [1.82, 2.24) is 4.98 Å². The number of carbonyl (C=O) groups excluding carboxylic acids is 1. The molecule has 0 spiro atoms. The third-order valence-corrected chi connectivity index (χ3v) is 3.82. The number of aromatic nitrogens is 1. The molecule has 1 atom stereocenters. The maximum Gasteiger partial charge on any atom is 0.313 e. The van der Waals surface area contributed by atoms with Crippen LogP contribution < -0.4 is 5.32 Å².